The lowest BCUT2D eigenvalue weighted by atomic mass is 9.96. The van der Waals surface area contributed by atoms with Gasteiger partial charge in [0, 0.05) is 0 Å². The molecule has 5 heteroatoms. The highest BCUT2D eigenvalue weighted by Crippen LogP contribution is 2.18. The van der Waals surface area contributed by atoms with Crippen LogP contribution in [-0.4, -0.2) is 50.2 Å². The molecule has 1 atom stereocenters. The van der Waals surface area contributed by atoms with Gasteiger partial charge in [-0.3, -0.25) is 9.69 Å². The highest BCUT2D eigenvalue weighted by atomic mass is 35.5. The molecule has 4 nitrogen and oxygen atoms in total. The second-order valence-corrected chi connectivity index (χ2v) is 4.49. The zero-order chi connectivity index (χ0) is 12.0. The molecule has 0 amide bonds. The predicted molar refractivity (Wildman–Crippen MR) is 71.6 cm³/mol. The monoisotopic (exact) mass is 264 g/mol. The zero-order valence-corrected chi connectivity index (χ0v) is 11.9. The van der Waals surface area contributed by atoms with Crippen LogP contribution in [0.15, 0.2) is 0 Å². The quantitative estimate of drug-likeness (QED) is 0.760. The summed E-state index contributed by atoms with van der Waals surface area (Å²) in [6, 6.07) is -0.0925. The largest absolute Gasteiger partial charge is 0.468 e. The van der Waals surface area contributed by atoms with Crippen LogP contribution in [0.1, 0.15) is 26.7 Å². The van der Waals surface area contributed by atoms with E-state index in [1.807, 2.05) is 6.92 Å². The number of likely N-dealkylation sites (tertiary alicyclic amines) is 1. The van der Waals surface area contributed by atoms with Crippen LogP contribution in [0.5, 0.6) is 0 Å². The lowest BCUT2D eigenvalue weighted by molar-refractivity contribution is -0.146. The van der Waals surface area contributed by atoms with Crippen molar-refractivity contribution in [3.8, 4) is 0 Å². The van der Waals surface area contributed by atoms with Crippen LogP contribution in [0.4, 0.5) is 0 Å². The highest BCUT2D eigenvalue weighted by Gasteiger charge is 2.26. The van der Waals surface area contributed by atoms with Crippen LogP contribution in [-0.2, 0) is 9.53 Å². The Kier molecular flexibility index (Phi) is 8.56. The van der Waals surface area contributed by atoms with E-state index in [0.29, 0.717) is 0 Å². The van der Waals surface area contributed by atoms with Gasteiger partial charge >= 0.3 is 5.97 Å². The van der Waals surface area contributed by atoms with Crippen LogP contribution < -0.4 is 5.32 Å². The number of carbonyl (C=O) groups is 1. The molecule has 0 spiro atoms. The summed E-state index contributed by atoms with van der Waals surface area (Å²) in [7, 11) is 1.46. The number of esters is 1. The second-order valence-electron chi connectivity index (χ2n) is 4.49. The van der Waals surface area contributed by atoms with Crippen molar-refractivity contribution in [3.05, 3.63) is 0 Å². The predicted octanol–water partition coefficient (Wildman–Crippen LogP) is 1.29. The van der Waals surface area contributed by atoms with Crippen molar-refractivity contribution in [1.82, 2.24) is 10.2 Å². The van der Waals surface area contributed by atoms with E-state index in [2.05, 4.69) is 17.1 Å². The summed E-state index contributed by atoms with van der Waals surface area (Å²) in [5.74, 6) is 0.645. The SMILES string of the molecule is CCNCC1CCN(C(C)C(=O)OC)CC1.Cl. The van der Waals surface area contributed by atoms with E-state index in [4.69, 9.17) is 4.74 Å². The number of nitrogens with zero attached hydrogens (tertiary/aromatic N) is 1. The fraction of sp³-hybridized carbons (Fsp3) is 0.917. The molecule has 0 bridgehead atoms. The Labute approximate surface area is 110 Å². The number of rotatable bonds is 5. The Hall–Kier alpha value is -0.320. The molecule has 1 N–H and O–H groups in total. The lowest BCUT2D eigenvalue weighted by Crippen LogP contribution is -2.45. The summed E-state index contributed by atoms with van der Waals surface area (Å²) in [6.45, 7) is 8.22. The van der Waals surface area contributed by atoms with Gasteiger partial charge in [0.1, 0.15) is 6.04 Å². The topological polar surface area (TPSA) is 41.6 Å². The first-order valence-electron chi connectivity index (χ1n) is 6.21. The van der Waals surface area contributed by atoms with Gasteiger partial charge in [0.05, 0.1) is 7.11 Å². The van der Waals surface area contributed by atoms with Gasteiger partial charge in [0.25, 0.3) is 0 Å². The van der Waals surface area contributed by atoms with E-state index in [1.54, 1.807) is 0 Å². The highest BCUT2D eigenvalue weighted by molar-refractivity contribution is 5.85. The smallest absolute Gasteiger partial charge is 0.322 e. The van der Waals surface area contributed by atoms with Crippen LogP contribution in [0, 0.1) is 5.92 Å². The molecular weight excluding hydrogens is 240 g/mol. The maximum Gasteiger partial charge on any atom is 0.322 e. The number of carbonyl (C=O) groups excluding carboxylic acids is 1. The summed E-state index contributed by atoms with van der Waals surface area (Å²) in [5.41, 5.74) is 0. The van der Waals surface area contributed by atoms with Crippen molar-refractivity contribution >= 4 is 18.4 Å². The van der Waals surface area contributed by atoms with Gasteiger partial charge in [0.15, 0.2) is 0 Å². The average molecular weight is 265 g/mol. The molecule has 0 saturated carbocycles. The van der Waals surface area contributed by atoms with Gasteiger partial charge in [-0.2, -0.15) is 0 Å². The molecule has 0 radical (unpaired) electrons. The van der Waals surface area contributed by atoms with Gasteiger partial charge in [0.2, 0.25) is 0 Å². The van der Waals surface area contributed by atoms with E-state index in [1.165, 1.54) is 20.0 Å². The van der Waals surface area contributed by atoms with Crippen LogP contribution >= 0.6 is 12.4 Å². The Morgan fingerprint density at radius 3 is 2.53 bits per heavy atom. The third-order valence-corrected chi connectivity index (χ3v) is 3.42. The van der Waals surface area contributed by atoms with Crippen LogP contribution in [0.3, 0.4) is 0 Å². The second kappa shape index (κ2) is 8.72. The van der Waals surface area contributed by atoms with Crippen molar-refractivity contribution in [3.63, 3.8) is 0 Å². The summed E-state index contributed by atoms with van der Waals surface area (Å²) < 4.78 is 4.76. The molecule has 1 unspecified atom stereocenters. The fourth-order valence-corrected chi connectivity index (χ4v) is 2.21. The van der Waals surface area contributed by atoms with E-state index in [0.717, 1.165) is 32.1 Å². The molecule has 1 aliphatic heterocycles. The average Bonchev–Trinajstić information content (AvgIpc) is 2.35. The van der Waals surface area contributed by atoms with Gasteiger partial charge in [-0.25, -0.2) is 0 Å². The number of methoxy groups -OCH3 is 1. The van der Waals surface area contributed by atoms with Crippen molar-refractivity contribution in [1.29, 1.82) is 0 Å². The number of piperidine rings is 1. The molecule has 0 aromatic carbocycles. The minimum absolute atomic E-state index is 0. The summed E-state index contributed by atoms with van der Waals surface area (Å²) in [5, 5.41) is 3.39. The fourth-order valence-electron chi connectivity index (χ4n) is 2.21. The summed E-state index contributed by atoms with van der Waals surface area (Å²) >= 11 is 0. The number of nitrogens with one attached hydrogen (secondary N) is 1. The standard InChI is InChI=1S/C12H24N2O2.ClH/c1-4-13-9-11-5-7-14(8-6-11)10(2)12(15)16-3;/h10-11,13H,4-9H2,1-3H3;1H. The molecule has 17 heavy (non-hydrogen) atoms. The molecule has 1 saturated heterocycles. The van der Waals surface area contributed by atoms with Gasteiger partial charge in [-0.1, -0.05) is 6.92 Å². The van der Waals surface area contributed by atoms with Crippen molar-refractivity contribution < 1.29 is 9.53 Å². The Morgan fingerprint density at radius 1 is 1.47 bits per heavy atom. The third-order valence-electron chi connectivity index (χ3n) is 3.42. The molecule has 0 aromatic rings. The molecule has 102 valence electrons. The molecule has 1 aliphatic rings. The van der Waals surface area contributed by atoms with Crippen molar-refractivity contribution in [2.24, 2.45) is 5.92 Å². The van der Waals surface area contributed by atoms with Gasteiger partial charge in [-0.05, 0) is 51.9 Å². The maximum absolute atomic E-state index is 11.4. The molecular formula is C12H25ClN2O2. The van der Waals surface area contributed by atoms with Gasteiger partial charge < -0.3 is 10.1 Å². The molecule has 1 heterocycles. The summed E-state index contributed by atoms with van der Waals surface area (Å²) in [4.78, 5) is 13.6. The first kappa shape index (κ1) is 16.7. The maximum atomic E-state index is 11.4. The number of hydrogen-bond donors (Lipinski definition) is 1. The number of hydrogen-bond acceptors (Lipinski definition) is 4. The zero-order valence-electron chi connectivity index (χ0n) is 11.1. The number of halogens is 1. The van der Waals surface area contributed by atoms with Gasteiger partial charge in [-0.15, -0.1) is 12.4 Å². The number of ether oxygens (including phenoxy) is 1. The lowest BCUT2D eigenvalue weighted by Gasteiger charge is -2.34. The first-order valence-corrected chi connectivity index (χ1v) is 6.21. The van der Waals surface area contributed by atoms with Crippen LogP contribution in [0.2, 0.25) is 0 Å². The van der Waals surface area contributed by atoms with E-state index in [9.17, 15) is 4.79 Å². The van der Waals surface area contributed by atoms with E-state index in [-0.39, 0.29) is 24.4 Å². The Bertz CT molecular complexity index is 219. The van der Waals surface area contributed by atoms with E-state index >= 15 is 0 Å². The Balaban J connectivity index is 0.00000256. The first-order chi connectivity index (χ1) is 7.69. The molecule has 0 aromatic heterocycles. The Morgan fingerprint density at radius 2 is 2.06 bits per heavy atom. The molecule has 1 fully saturated rings. The minimum Gasteiger partial charge on any atom is -0.468 e. The van der Waals surface area contributed by atoms with Crippen LogP contribution in [0.25, 0.3) is 0 Å². The van der Waals surface area contributed by atoms with E-state index < -0.39 is 0 Å². The molecule has 0 aliphatic carbocycles. The third kappa shape index (κ3) is 5.23. The van der Waals surface area contributed by atoms with Crippen molar-refractivity contribution in [2.75, 3.05) is 33.3 Å². The minimum atomic E-state index is -0.120. The normalized spacial score (nSPS) is 19.5. The summed E-state index contributed by atoms with van der Waals surface area (Å²) in [6.07, 6.45) is 2.35. The molecule has 1 rings (SSSR count). The van der Waals surface area contributed by atoms with Crippen molar-refractivity contribution in [2.45, 2.75) is 32.7 Å².